The summed E-state index contributed by atoms with van der Waals surface area (Å²) in [5.74, 6) is 0.404. The first kappa shape index (κ1) is 12.9. The van der Waals surface area contributed by atoms with Crippen LogP contribution in [-0.4, -0.2) is 37.2 Å². The zero-order valence-corrected chi connectivity index (χ0v) is 10.3. The fourth-order valence-electron chi connectivity index (χ4n) is 2.36. The van der Waals surface area contributed by atoms with Crippen LogP contribution in [0.5, 0.6) is 0 Å². The van der Waals surface area contributed by atoms with Crippen molar-refractivity contribution in [3.05, 3.63) is 0 Å². The minimum atomic E-state index is -2.87. The van der Waals surface area contributed by atoms with Gasteiger partial charge in [0.2, 0.25) is 0 Å². The van der Waals surface area contributed by atoms with Crippen molar-refractivity contribution in [1.29, 1.82) is 0 Å². The Morgan fingerprint density at radius 2 is 1.80 bits per heavy atom. The van der Waals surface area contributed by atoms with E-state index in [1.807, 2.05) is 13.8 Å². The predicted molar refractivity (Wildman–Crippen MR) is 60.3 cm³/mol. The van der Waals surface area contributed by atoms with Gasteiger partial charge in [-0.2, -0.15) is 0 Å². The lowest BCUT2D eigenvalue weighted by Crippen LogP contribution is -2.54. The second kappa shape index (κ2) is 4.03. The van der Waals surface area contributed by atoms with E-state index in [0.717, 1.165) is 0 Å². The van der Waals surface area contributed by atoms with Gasteiger partial charge in [0.1, 0.15) is 9.84 Å². The molecule has 0 bridgehead atoms. The average Bonchev–Trinajstić information content (AvgIpc) is 2.07. The molecule has 0 amide bonds. The highest BCUT2D eigenvalue weighted by atomic mass is 32.2. The van der Waals surface area contributed by atoms with Crippen LogP contribution < -0.4 is 5.73 Å². The van der Waals surface area contributed by atoms with Gasteiger partial charge in [-0.1, -0.05) is 0 Å². The van der Waals surface area contributed by atoms with Crippen molar-refractivity contribution in [3.8, 4) is 0 Å². The van der Waals surface area contributed by atoms with E-state index >= 15 is 0 Å². The summed E-state index contributed by atoms with van der Waals surface area (Å²) in [7, 11) is -2.87. The summed E-state index contributed by atoms with van der Waals surface area (Å²) >= 11 is 0. The van der Waals surface area contributed by atoms with Crippen molar-refractivity contribution in [2.45, 2.75) is 38.6 Å². The third-order valence-corrected chi connectivity index (χ3v) is 5.39. The molecule has 0 aromatic rings. The van der Waals surface area contributed by atoms with Crippen molar-refractivity contribution < 1.29 is 13.5 Å². The first-order valence-corrected chi connectivity index (χ1v) is 7.15. The summed E-state index contributed by atoms with van der Waals surface area (Å²) < 4.78 is 22.7. The minimum absolute atomic E-state index is 0.0701. The van der Waals surface area contributed by atoms with E-state index in [0.29, 0.717) is 19.3 Å². The Morgan fingerprint density at radius 1 is 1.33 bits per heavy atom. The van der Waals surface area contributed by atoms with Crippen LogP contribution in [0.3, 0.4) is 0 Å². The lowest BCUT2D eigenvalue weighted by molar-refractivity contribution is 0.0871. The fourth-order valence-corrected chi connectivity index (χ4v) is 3.97. The standard InChI is InChI=1S/C10H21NO3S/c1-9(2,11)10(3-6-12)4-7-15(13,14)8-5-10/h12H,3-8,11H2,1-2H3. The van der Waals surface area contributed by atoms with Gasteiger partial charge in [-0.15, -0.1) is 0 Å². The number of hydrogen-bond donors (Lipinski definition) is 2. The molecule has 0 radical (unpaired) electrons. The van der Waals surface area contributed by atoms with Crippen LogP contribution in [0.4, 0.5) is 0 Å². The molecule has 4 nitrogen and oxygen atoms in total. The lowest BCUT2D eigenvalue weighted by atomic mass is 9.66. The normalized spacial score (nSPS) is 25.1. The molecular weight excluding hydrogens is 214 g/mol. The minimum Gasteiger partial charge on any atom is -0.396 e. The van der Waals surface area contributed by atoms with Crippen LogP contribution in [0.15, 0.2) is 0 Å². The molecule has 0 saturated carbocycles. The van der Waals surface area contributed by atoms with Gasteiger partial charge >= 0.3 is 0 Å². The van der Waals surface area contributed by atoms with Gasteiger partial charge in [-0.3, -0.25) is 0 Å². The number of nitrogens with two attached hydrogens (primary N) is 1. The maximum Gasteiger partial charge on any atom is 0.150 e. The van der Waals surface area contributed by atoms with E-state index < -0.39 is 15.4 Å². The third kappa shape index (κ3) is 2.71. The Labute approximate surface area is 91.8 Å². The average molecular weight is 235 g/mol. The van der Waals surface area contributed by atoms with Crippen LogP contribution in [0.25, 0.3) is 0 Å². The molecule has 1 aliphatic heterocycles. The summed E-state index contributed by atoms with van der Waals surface area (Å²) in [6, 6.07) is 0. The summed E-state index contributed by atoms with van der Waals surface area (Å²) in [6.07, 6.45) is 1.73. The molecule has 0 atom stereocenters. The van der Waals surface area contributed by atoms with E-state index in [1.54, 1.807) is 0 Å². The predicted octanol–water partition coefficient (Wildman–Crippen LogP) is 0.301. The molecule has 1 saturated heterocycles. The van der Waals surface area contributed by atoms with Gasteiger partial charge in [0.15, 0.2) is 0 Å². The van der Waals surface area contributed by atoms with Gasteiger partial charge in [0.25, 0.3) is 0 Å². The molecule has 5 heteroatoms. The smallest absolute Gasteiger partial charge is 0.150 e. The monoisotopic (exact) mass is 235 g/mol. The van der Waals surface area contributed by atoms with Crippen molar-refractivity contribution in [2.24, 2.45) is 11.1 Å². The summed E-state index contributed by atoms with van der Waals surface area (Å²) in [4.78, 5) is 0. The molecule has 1 aliphatic rings. The van der Waals surface area contributed by atoms with Crippen LogP contribution in [0.1, 0.15) is 33.1 Å². The van der Waals surface area contributed by atoms with Crippen LogP contribution in [0, 0.1) is 5.41 Å². The molecule has 15 heavy (non-hydrogen) atoms. The van der Waals surface area contributed by atoms with Crippen molar-refractivity contribution >= 4 is 9.84 Å². The topological polar surface area (TPSA) is 80.4 Å². The number of hydrogen-bond acceptors (Lipinski definition) is 4. The SMILES string of the molecule is CC(C)(N)C1(CCO)CCS(=O)(=O)CC1. The lowest BCUT2D eigenvalue weighted by Gasteiger charge is -2.47. The van der Waals surface area contributed by atoms with Crippen LogP contribution in [-0.2, 0) is 9.84 Å². The van der Waals surface area contributed by atoms with E-state index in [1.165, 1.54) is 0 Å². The first-order valence-electron chi connectivity index (χ1n) is 5.33. The van der Waals surface area contributed by atoms with Crippen LogP contribution in [0.2, 0.25) is 0 Å². The molecular formula is C10H21NO3S. The van der Waals surface area contributed by atoms with Gasteiger partial charge in [-0.25, -0.2) is 8.42 Å². The molecule has 1 rings (SSSR count). The number of sulfone groups is 1. The van der Waals surface area contributed by atoms with Crippen molar-refractivity contribution in [3.63, 3.8) is 0 Å². The zero-order valence-electron chi connectivity index (χ0n) is 9.49. The van der Waals surface area contributed by atoms with Gasteiger partial charge in [0, 0.05) is 12.1 Å². The van der Waals surface area contributed by atoms with Crippen molar-refractivity contribution in [1.82, 2.24) is 0 Å². The highest BCUT2D eigenvalue weighted by Crippen LogP contribution is 2.43. The summed E-state index contributed by atoms with van der Waals surface area (Å²) in [5.41, 5.74) is 5.45. The molecule has 0 spiro atoms. The highest BCUT2D eigenvalue weighted by Gasteiger charge is 2.45. The molecule has 0 unspecified atom stereocenters. The second-order valence-corrected chi connectivity index (χ2v) is 7.43. The second-order valence-electron chi connectivity index (χ2n) is 5.13. The van der Waals surface area contributed by atoms with Gasteiger partial charge < -0.3 is 10.8 Å². The number of rotatable bonds is 3. The maximum atomic E-state index is 11.4. The Morgan fingerprint density at radius 3 is 2.13 bits per heavy atom. The number of aliphatic hydroxyl groups excluding tert-OH is 1. The summed E-state index contributed by atoms with van der Waals surface area (Å²) in [5, 5.41) is 9.07. The molecule has 3 N–H and O–H groups in total. The summed E-state index contributed by atoms with van der Waals surface area (Å²) in [6.45, 7) is 3.90. The molecule has 1 fully saturated rings. The molecule has 1 heterocycles. The van der Waals surface area contributed by atoms with E-state index in [-0.39, 0.29) is 23.5 Å². The molecule has 0 aromatic heterocycles. The Hall–Kier alpha value is -0.130. The number of aliphatic hydroxyl groups is 1. The van der Waals surface area contributed by atoms with Gasteiger partial charge in [0.05, 0.1) is 11.5 Å². The first-order chi connectivity index (χ1) is 6.72. The fraction of sp³-hybridized carbons (Fsp3) is 1.00. The molecule has 0 aromatic carbocycles. The van der Waals surface area contributed by atoms with Crippen molar-refractivity contribution in [2.75, 3.05) is 18.1 Å². The van der Waals surface area contributed by atoms with Gasteiger partial charge in [-0.05, 0) is 38.5 Å². The Balaban J connectivity index is 2.87. The van der Waals surface area contributed by atoms with E-state index in [4.69, 9.17) is 10.8 Å². The molecule has 0 aliphatic carbocycles. The van der Waals surface area contributed by atoms with Crippen LogP contribution >= 0.6 is 0 Å². The Kier molecular flexibility index (Phi) is 3.48. The zero-order chi connectivity index (χ0) is 11.7. The largest absolute Gasteiger partial charge is 0.396 e. The quantitative estimate of drug-likeness (QED) is 0.737. The maximum absolute atomic E-state index is 11.4. The van der Waals surface area contributed by atoms with E-state index in [9.17, 15) is 8.42 Å². The highest BCUT2D eigenvalue weighted by molar-refractivity contribution is 7.91. The third-order valence-electron chi connectivity index (χ3n) is 3.74. The van der Waals surface area contributed by atoms with E-state index in [2.05, 4.69) is 0 Å². The Bertz CT molecular complexity index is 302. The molecule has 90 valence electrons.